The van der Waals surface area contributed by atoms with Crippen LogP contribution in [0.3, 0.4) is 0 Å². The second kappa shape index (κ2) is 8.54. The average Bonchev–Trinajstić information content (AvgIpc) is 3.27. The Morgan fingerprint density at radius 1 is 1.44 bits per heavy atom. The second-order valence-electron chi connectivity index (χ2n) is 6.19. The highest BCUT2D eigenvalue weighted by atomic mass is 32.2. The summed E-state index contributed by atoms with van der Waals surface area (Å²) in [7, 11) is 0. The smallest absolute Gasteiger partial charge is 0.233 e. The summed E-state index contributed by atoms with van der Waals surface area (Å²) in [5, 5.41) is 3.56. The van der Waals surface area contributed by atoms with E-state index in [0.717, 1.165) is 42.4 Å². The van der Waals surface area contributed by atoms with E-state index >= 15 is 0 Å². The molecule has 2 aromatic rings. The number of benzene rings is 1. The van der Waals surface area contributed by atoms with E-state index in [9.17, 15) is 4.79 Å². The number of carbonyl (C=O) groups excluding carboxylic acids is 1. The maximum Gasteiger partial charge on any atom is 0.233 e. The van der Waals surface area contributed by atoms with Gasteiger partial charge in [-0.1, -0.05) is 42.1 Å². The van der Waals surface area contributed by atoms with Crippen LogP contribution in [-0.2, 0) is 16.1 Å². The Labute approximate surface area is 153 Å². The van der Waals surface area contributed by atoms with Crippen LogP contribution in [-0.4, -0.2) is 40.0 Å². The van der Waals surface area contributed by atoms with E-state index in [2.05, 4.69) is 27.0 Å². The molecule has 5 nitrogen and oxygen atoms in total. The fourth-order valence-electron chi connectivity index (χ4n) is 2.99. The van der Waals surface area contributed by atoms with Crippen LogP contribution in [0.5, 0.6) is 0 Å². The fourth-order valence-corrected chi connectivity index (χ4v) is 3.91. The third-order valence-electron chi connectivity index (χ3n) is 4.30. The van der Waals surface area contributed by atoms with Gasteiger partial charge in [0, 0.05) is 13.2 Å². The Balaban J connectivity index is 1.86. The van der Waals surface area contributed by atoms with Crippen molar-refractivity contribution >= 4 is 17.7 Å². The molecule has 0 bridgehead atoms. The number of rotatable bonds is 7. The highest BCUT2D eigenvalue weighted by Gasteiger charge is 2.23. The fraction of sp³-hybridized carbons (Fsp3) is 0.474. The molecule has 0 spiro atoms. The minimum Gasteiger partial charge on any atom is -0.376 e. The molecular weight excluding hydrogens is 334 g/mol. The molecule has 1 N–H and O–H groups in total. The standard InChI is InChI=1S/C19H25N3O2S/c1-3-20-18(23)14(2)25-19-21-12-17(15-8-5-4-6-9-15)22(19)13-16-10-7-11-24-16/h4-6,8-9,12,14,16H,3,7,10-11,13H2,1-2H3,(H,20,23)/t14-,16+/m1/s1. The maximum atomic E-state index is 12.1. The molecule has 134 valence electrons. The van der Waals surface area contributed by atoms with Crippen LogP contribution in [0.2, 0.25) is 0 Å². The molecule has 0 radical (unpaired) electrons. The van der Waals surface area contributed by atoms with Crippen LogP contribution in [0.4, 0.5) is 0 Å². The molecule has 1 amide bonds. The van der Waals surface area contributed by atoms with Crippen molar-refractivity contribution in [1.29, 1.82) is 0 Å². The van der Waals surface area contributed by atoms with Gasteiger partial charge in [0.1, 0.15) is 0 Å². The Morgan fingerprint density at radius 2 is 2.24 bits per heavy atom. The van der Waals surface area contributed by atoms with Crippen molar-refractivity contribution < 1.29 is 9.53 Å². The lowest BCUT2D eigenvalue weighted by Crippen LogP contribution is -2.30. The first-order valence-electron chi connectivity index (χ1n) is 8.86. The van der Waals surface area contributed by atoms with Gasteiger partial charge in [0.2, 0.25) is 5.91 Å². The van der Waals surface area contributed by atoms with E-state index in [-0.39, 0.29) is 17.3 Å². The molecule has 0 unspecified atom stereocenters. The summed E-state index contributed by atoms with van der Waals surface area (Å²) < 4.78 is 8.03. The Hall–Kier alpha value is -1.79. The Kier molecular flexibility index (Phi) is 6.15. The number of thioether (sulfide) groups is 1. The van der Waals surface area contributed by atoms with E-state index in [4.69, 9.17) is 4.74 Å². The monoisotopic (exact) mass is 359 g/mol. The van der Waals surface area contributed by atoms with Crippen molar-refractivity contribution in [3.63, 3.8) is 0 Å². The van der Waals surface area contributed by atoms with Crippen LogP contribution in [0, 0.1) is 0 Å². The van der Waals surface area contributed by atoms with Crippen molar-refractivity contribution in [1.82, 2.24) is 14.9 Å². The maximum absolute atomic E-state index is 12.1. The summed E-state index contributed by atoms with van der Waals surface area (Å²) >= 11 is 1.50. The summed E-state index contributed by atoms with van der Waals surface area (Å²) in [6.07, 6.45) is 4.30. The summed E-state index contributed by atoms with van der Waals surface area (Å²) in [5.41, 5.74) is 2.20. The third kappa shape index (κ3) is 4.44. The van der Waals surface area contributed by atoms with Crippen LogP contribution < -0.4 is 5.32 Å². The van der Waals surface area contributed by atoms with E-state index in [0.29, 0.717) is 6.54 Å². The summed E-state index contributed by atoms with van der Waals surface area (Å²) in [6, 6.07) is 10.2. The van der Waals surface area contributed by atoms with Gasteiger partial charge in [-0.2, -0.15) is 0 Å². The van der Waals surface area contributed by atoms with Crippen LogP contribution >= 0.6 is 11.8 Å². The Morgan fingerprint density at radius 3 is 2.92 bits per heavy atom. The van der Waals surface area contributed by atoms with Crippen molar-refractivity contribution in [2.75, 3.05) is 13.2 Å². The summed E-state index contributed by atoms with van der Waals surface area (Å²) in [6.45, 7) is 6.10. The van der Waals surface area contributed by atoms with Crippen molar-refractivity contribution in [3.05, 3.63) is 36.5 Å². The number of nitrogens with zero attached hydrogens (tertiary/aromatic N) is 2. The van der Waals surface area contributed by atoms with Gasteiger partial charge in [0.05, 0.1) is 29.8 Å². The molecule has 1 aliphatic rings. The number of amides is 1. The number of ether oxygens (including phenoxy) is 1. The molecule has 3 rings (SSSR count). The summed E-state index contributed by atoms with van der Waals surface area (Å²) in [5.74, 6) is 0.0421. The molecule has 1 aromatic heterocycles. The van der Waals surface area contributed by atoms with Gasteiger partial charge in [-0.05, 0) is 32.3 Å². The molecule has 1 aliphatic heterocycles. The molecule has 1 aromatic carbocycles. The minimum atomic E-state index is -0.186. The topological polar surface area (TPSA) is 56.2 Å². The lowest BCUT2D eigenvalue weighted by Gasteiger charge is -2.17. The van der Waals surface area contributed by atoms with Crippen molar-refractivity contribution in [3.8, 4) is 11.3 Å². The molecule has 0 aliphatic carbocycles. The van der Waals surface area contributed by atoms with Crippen molar-refractivity contribution in [2.24, 2.45) is 0 Å². The van der Waals surface area contributed by atoms with E-state index < -0.39 is 0 Å². The summed E-state index contributed by atoms with van der Waals surface area (Å²) in [4.78, 5) is 16.7. The quantitative estimate of drug-likeness (QED) is 0.770. The highest BCUT2D eigenvalue weighted by Crippen LogP contribution is 2.30. The van der Waals surface area contributed by atoms with Crippen LogP contribution in [0.15, 0.2) is 41.7 Å². The predicted octanol–water partition coefficient (Wildman–Crippen LogP) is 3.35. The van der Waals surface area contributed by atoms with Gasteiger partial charge < -0.3 is 14.6 Å². The van der Waals surface area contributed by atoms with Gasteiger partial charge in [0.15, 0.2) is 5.16 Å². The predicted molar refractivity (Wildman–Crippen MR) is 101 cm³/mol. The van der Waals surface area contributed by atoms with Crippen LogP contribution in [0.25, 0.3) is 11.3 Å². The first-order valence-corrected chi connectivity index (χ1v) is 9.74. The number of imidazole rings is 1. The SMILES string of the molecule is CCNC(=O)[C@@H](C)Sc1ncc(-c2ccccc2)n1C[C@@H]1CCCO1. The number of nitrogens with one attached hydrogen (secondary N) is 1. The lowest BCUT2D eigenvalue weighted by molar-refractivity contribution is -0.120. The molecule has 2 heterocycles. The van der Waals surface area contributed by atoms with E-state index in [1.54, 1.807) is 0 Å². The Bertz CT molecular complexity index is 696. The van der Waals surface area contributed by atoms with Crippen LogP contribution in [0.1, 0.15) is 26.7 Å². The van der Waals surface area contributed by atoms with Gasteiger partial charge in [-0.3, -0.25) is 4.79 Å². The van der Waals surface area contributed by atoms with Gasteiger partial charge >= 0.3 is 0 Å². The third-order valence-corrected chi connectivity index (χ3v) is 5.41. The first kappa shape index (κ1) is 18.0. The lowest BCUT2D eigenvalue weighted by atomic mass is 10.1. The molecule has 0 saturated carbocycles. The normalized spacial score (nSPS) is 18.2. The van der Waals surface area contributed by atoms with E-state index in [1.165, 1.54) is 11.8 Å². The zero-order chi connectivity index (χ0) is 17.6. The largest absolute Gasteiger partial charge is 0.376 e. The molecule has 1 fully saturated rings. The number of carbonyl (C=O) groups is 1. The second-order valence-corrected chi connectivity index (χ2v) is 7.50. The molecule has 2 atom stereocenters. The number of hydrogen-bond donors (Lipinski definition) is 1. The minimum absolute atomic E-state index is 0.0421. The molecule has 25 heavy (non-hydrogen) atoms. The zero-order valence-corrected chi connectivity index (χ0v) is 15.6. The molecular formula is C19H25N3O2S. The van der Waals surface area contributed by atoms with Gasteiger partial charge in [-0.25, -0.2) is 4.98 Å². The molecule has 1 saturated heterocycles. The van der Waals surface area contributed by atoms with E-state index in [1.807, 2.05) is 38.2 Å². The van der Waals surface area contributed by atoms with Crippen molar-refractivity contribution in [2.45, 2.75) is 49.7 Å². The van der Waals surface area contributed by atoms with Gasteiger partial charge in [-0.15, -0.1) is 0 Å². The highest BCUT2D eigenvalue weighted by molar-refractivity contribution is 8.00. The number of aromatic nitrogens is 2. The first-order chi connectivity index (χ1) is 12.2. The van der Waals surface area contributed by atoms with Gasteiger partial charge in [0.25, 0.3) is 0 Å². The number of hydrogen-bond acceptors (Lipinski definition) is 4. The average molecular weight is 359 g/mol. The zero-order valence-electron chi connectivity index (χ0n) is 14.8. The molecule has 6 heteroatoms.